The van der Waals surface area contributed by atoms with Crippen LogP contribution in [0.3, 0.4) is 0 Å². The lowest BCUT2D eigenvalue weighted by atomic mass is 10.3. The second-order valence-electron chi connectivity index (χ2n) is 5.32. The zero-order chi connectivity index (χ0) is 16.9. The number of hydrogen-bond acceptors (Lipinski definition) is 6. The van der Waals surface area contributed by atoms with Gasteiger partial charge in [-0.05, 0) is 26.0 Å². The molecule has 8 heteroatoms. The van der Waals surface area contributed by atoms with Crippen LogP contribution in [0.1, 0.15) is 29.9 Å². The number of aromatic nitrogens is 4. The van der Waals surface area contributed by atoms with Crippen LogP contribution in [0, 0.1) is 6.92 Å². The molecule has 3 heterocycles. The van der Waals surface area contributed by atoms with Crippen molar-refractivity contribution in [3.8, 4) is 10.8 Å². The Labute approximate surface area is 143 Å². The summed E-state index contributed by atoms with van der Waals surface area (Å²) < 4.78 is 7.61. The van der Waals surface area contributed by atoms with E-state index in [1.165, 1.54) is 4.88 Å². The van der Waals surface area contributed by atoms with Crippen LogP contribution in [-0.2, 0) is 24.3 Å². The first-order chi connectivity index (χ1) is 11.7. The van der Waals surface area contributed by atoms with Gasteiger partial charge in [-0.25, -0.2) is 4.98 Å². The van der Waals surface area contributed by atoms with Gasteiger partial charge in [0.15, 0.2) is 0 Å². The average molecular weight is 345 g/mol. The minimum absolute atomic E-state index is 0.0626. The number of nitrogens with one attached hydrogen (secondary N) is 1. The molecule has 0 spiro atoms. The van der Waals surface area contributed by atoms with E-state index in [4.69, 9.17) is 4.42 Å². The van der Waals surface area contributed by atoms with E-state index in [0.29, 0.717) is 31.2 Å². The van der Waals surface area contributed by atoms with Gasteiger partial charge in [-0.3, -0.25) is 4.79 Å². The molecule has 1 N–H and O–H groups in total. The van der Waals surface area contributed by atoms with Crippen LogP contribution in [0.5, 0.6) is 0 Å². The monoisotopic (exact) mass is 345 g/mol. The van der Waals surface area contributed by atoms with Gasteiger partial charge in [-0.15, -0.1) is 21.5 Å². The lowest BCUT2D eigenvalue weighted by Gasteiger charge is -2.06. The Morgan fingerprint density at radius 3 is 3.00 bits per heavy atom. The fraction of sp³-hybridized carbons (Fsp3) is 0.375. The first-order valence-electron chi connectivity index (χ1n) is 7.81. The molecule has 0 atom stereocenters. The van der Waals surface area contributed by atoms with Crippen LogP contribution in [0.25, 0.3) is 10.8 Å². The third kappa shape index (κ3) is 3.88. The predicted molar refractivity (Wildman–Crippen MR) is 90.4 cm³/mol. The molecule has 126 valence electrons. The number of carbonyl (C=O) groups excluding carboxylic acids is 1. The number of thiophene rings is 1. The fourth-order valence-corrected chi connectivity index (χ4v) is 3.07. The molecule has 1 amide bonds. The molecule has 3 rings (SSSR count). The van der Waals surface area contributed by atoms with Crippen LogP contribution in [-0.4, -0.2) is 25.7 Å². The molecule has 3 aromatic rings. The molecule has 0 aliphatic heterocycles. The summed E-state index contributed by atoms with van der Waals surface area (Å²) in [5.41, 5.74) is 0. The smallest absolute Gasteiger partial charge is 0.257 e. The quantitative estimate of drug-likeness (QED) is 0.711. The van der Waals surface area contributed by atoms with Gasteiger partial charge in [0.2, 0.25) is 11.8 Å². The van der Waals surface area contributed by atoms with E-state index in [1.54, 1.807) is 17.5 Å². The predicted octanol–water partition coefficient (Wildman–Crippen LogP) is 2.57. The number of rotatable bonds is 7. The number of aryl methyl sites for hydroxylation is 3. The van der Waals surface area contributed by atoms with Crippen LogP contribution < -0.4 is 5.32 Å². The number of hydrogen-bond donors (Lipinski definition) is 1. The minimum atomic E-state index is -0.0626. The summed E-state index contributed by atoms with van der Waals surface area (Å²) in [6, 6.07) is 3.97. The van der Waals surface area contributed by atoms with Crippen molar-refractivity contribution in [1.82, 2.24) is 25.1 Å². The van der Waals surface area contributed by atoms with Gasteiger partial charge >= 0.3 is 0 Å². The van der Waals surface area contributed by atoms with Gasteiger partial charge in [0.25, 0.3) is 5.89 Å². The van der Waals surface area contributed by atoms with Gasteiger partial charge in [0, 0.05) is 36.7 Å². The highest BCUT2D eigenvalue weighted by Crippen LogP contribution is 2.26. The highest BCUT2D eigenvalue weighted by Gasteiger charge is 2.12. The fourth-order valence-electron chi connectivity index (χ4n) is 2.29. The summed E-state index contributed by atoms with van der Waals surface area (Å²) >= 11 is 1.60. The minimum Gasteiger partial charge on any atom is -0.420 e. The Kier molecular flexibility index (Phi) is 5.05. The molecule has 0 radical (unpaired) electrons. The van der Waals surface area contributed by atoms with Crippen LogP contribution in [0.15, 0.2) is 28.9 Å². The number of imidazole rings is 1. The van der Waals surface area contributed by atoms with E-state index in [1.807, 2.05) is 36.7 Å². The number of carbonyl (C=O) groups is 1. The summed E-state index contributed by atoms with van der Waals surface area (Å²) in [5, 5.41) is 10.9. The van der Waals surface area contributed by atoms with Gasteiger partial charge in [-0.1, -0.05) is 0 Å². The van der Waals surface area contributed by atoms with Gasteiger partial charge < -0.3 is 14.3 Å². The van der Waals surface area contributed by atoms with Crippen molar-refractivity contribution in [3.05, 3.63) is 41.1 Å². The maximum absolute atomic E-state index is 12.0. The molecule has 0 bridgehead atoms. The third-order valence-corrected chi connectivity index (χ3v) is 4.56. The average Bonchev–Trinajstić information content (AvgIpc) is 3.30. The normalized spacial score (nSPS) is 10.9. The van der Waals surface area contributed by atoms with Crippen molar-refractivity contribution < 1.29 is 9.21 Å². The first-order valence-corrected chi connectivity index (χ1v) is 8.63. The lowest BCUT2D eigenvalue weighted by molar-refractivity contribution is -0.121. The summed E-state index contributed by atoms with van der Waals surface area (Å²) in [4.78, 5) is 18.3. The third-order valence-electron chi connectivity index (χ3n) is 3.57. The molecular formula is C16H19N5O2S. The molecule has 0 fully saturated rings. The number of nitrogens with zero attached hydrogens (tertiary/aromatic N) is 4. The van der Waals surface area contributed by atoms with Crippen molar-refractivity contribution in [2.75, 3.05) is 0 Å². The van der Waals surface area contributed by atoms with E-state index < -0.39 is 0 Å². The SMILES string of the molecule is CCn1ccnc1CNC(=O)CCc1nnc(-c2ccc(C)s2)o1. The van der Waals surface area contributed by atoms with Crippen LogP contribution in [0.4, 0.5) is 0 Å². The molecule has 0 saturated heterocycles. The Hall–Kier alpha value is -2.48. The summed E-state index contributed by atoms with van der Waals surface area (Å²) in [5.74, 6) is 1.76. The summed E-state index contributed by atoms with van der Waals surface area (Å²) in [6.45, 7) is 5.32. The molecule has 24 heavy (non-hydrogen) atoms. The molecule has 7 nitrogen and oxygen atoms in total. The Morgan fingerprint density at radius 1 is 1.38 bits per heavy atom. The van der Waals surface area contributed by atoms with E-state index >= 15 is 0 Å². The molecule has 0 saturated carbocycles. The zero-order valence-corrected chi connectivity index (χ0v) is 14.5. The van der Waals surface area contributed by atoms with Crippen molar-refractivity contribution in [3.63, 3.8) is 0 Å². The Morgan fingerprint density at radius 2 is 2.25 bits per heavy atom. The largest absolute Gasteiger partial charge is 0.420 e. The van der Waals surface area contributed by atoms with Gasteiger partial charge in [-0.2, -0.15) is 0 Å². The maximum Gasteiger partial charge on any atom is 0.257 e. The standard InChI is InChI=1S/C16H19N5O2S/c1-3-21-9-8-17-13(21)10-18-14(22)6-7-15-19-20-16(23-15)12-5-4-11(2)24-12/h4-5,8-9H,3,6-7,10H2,1-2H3,(H,18,22). The van der Waals surface area contributed by atoms with Gasteiger partial charge in [0.05, 0.1) is 11.4 Å². The Balaban J connectivity index is 1.49. The molecule has 0 aliphatic rings. The molecule has 0 unspecified atom stereocenters. The number of amides is 1. The second kappa shape index (κ2) is 7.39. The Bertz CT molecular complexity index is 820. The lowest BCUT2D eigenvalue weighted by Crippen LogP contribution is -2.24. The van der Waals surface area contributed by atoms with E-state index in [-0.39, 0.29) is 5.91 Å². The van der Waals surface area contributed by atoms with Crippen LogP contribution >= 0.6 is 11.3 Å². The second-order valence-corrected chi connectivity index (χ2v) is 6.61. The molecular weight excluding hydrogens is 326 g/mol. The van der Waals surface area contributed by atoms with Crippen molar-refractivity contribution >= 4 is 17.2 Å². The first kappa shape index (κ1) is 16.4. The molecule has 3 aromatic heterocycles. The summed E-state index contributed by atoms with van der Waals surface area (Å²) in [6.07, 6.45) is 4.36. The van der Waals surface area contributed by atoms with Crippen LogP contribution in [0.2, 0.25) is 0 Å². The maximum atomic E-state index is 12.0. The highest BCUT2D eigenvalue weighted by molar-refractivity contribution is 7.15. The topological polar surface area (TPSA) is 85.8 Å². The highest BCUT2D eigenvalue weighted by atomic mass is 32.1. The van der Waals surface area contributed by atoms with Crippen molar-refractivity contribution in [1.29, 1.82) is 0 Å². The molecule has 0 aliphatic carbocycles. The molecule has 0 aromatic carbocycles. The van der Waals surface area contributed by atoms with Gasteiger partial charge in [0.1, 0.15) is 5.82 Å². The van der Waals surface area contributed by atoms with E-state index in [0.717, 1.165) is 17.2 Å². The van der Waals surface area contributed by atoms with E-state index in [9.17, 15) is 4.79 Å². The summed E-state index contributed by atoms with van der Waals surface area (Å²) in [7, 11) is 0. The van der Waals surface area contributed by atoms with Crippen molar-refractivity contribution in [2.24, 2.45) is 0 Å². The van der Waals surface area contributed by atoms with Crippen molar-refractivity contribution in [2.45, 2.75) is 39.8 Å². The zero-order valence-electron chi connectivity index (χ0n) is 13.7. The van der Waals surface area contributed by atoms with E-state index in [2.05, 4.69) is 20.5 Å².